The maximum absolute atomic E-state index is 14.1. The molecule has 11 heteroatoms. The minimum atomic E-state index is -4.21. The van der Waals surface area contributed by atoms with E-state index in [0.717, 1.165) is 47.5 Å². The lowest BCUT2D eigenvalue weighted by Crippen LogP contribution is -2.53. The number of ether oxygens (including phenoxy) is 1. The summed E-state index contributed by atoms with van der Waals surface area (Å²) < 4.78 is 35.0. The van der Waals surface area contributed by atoms with Gasteiger partial charge in [-0.25, -0.2) is 8.42 Å². The van der Waals surface area contributed by atoms with Crippen molar-refractivity contribution in [3.05, 3.63) is 87.4 Å². The maximum atomic E-state index is 14.1. The van der Waals surface area contributed by atoms with Crippen molar-refractivity contribution in [1.29, 1.82) is 0 Å². The van der Waals surface area contributed by atoms with Gasteiger partial charge in [0.2, 0.25) is 11.8 Å². The molecule has 1 N–H and O–H groups in total. The predicted octanol–water partition coefficient (Wildman–Crippen LogP) is 6.48. The van der Waals surface area contributed by atoms with Crippen LogP contribution in [-0.4, -0.2) is 50.9 Å². The number of halogens is 2. The van der Waals surface area contributed by atoms with Gasteiger partial charge in [0.05, 0.1) is 22.2 Å². The fraction of sp³-hybridized carbons (Fsp3) is 0.375. The summed E-state index contributed by atoms with van der Waals surface area (Å²) in [5, 5.41) is 3.61. The summed E-state index contributed by atoms with van der Waals surface area (Å²) >= 11 is 9.60. The smallest absolute Gasteiger partial charge is 0.264 e. The highest BCUT2D eigenvalue weighted by Gasteiger charge is 2.33. The molecule has 1 atom stereocenters. The number of benzene rings is 3. The molecular formula is C32H37BrClN3O5S. The average Bonchev–Trinajstić information content (AvgIpc) is 2.99. The third kappa shape index (κ3) is 8.31. The Bertz CT molecular complexity index is 1540. The minimum absolute atomic E-state index is 0.0157. The molecule has 3 aromatic carbocycles. The number of carbonyl (C=O) groups excluding carboxylic acids is 2. The summed E-state index contributed by atoms with van der Waals surface area (Å²) in [4.78, 5) is 29.0. The van der Waals surface area contributed by atoms with Crippen LogP contribution in [0.5, 0.6) is 5.75 Å². The number of amides is 2. The van der Waals surface area contributed by atoms with E-state index in [1.165, 1.54) is 24.1 Å². The molecule has 0 aromatic heterocycles. The Balaban J connectivity index is 1.69. The van der Waals surface area contributed by atoms with E-state index in [1.807, 2.05) is 13.0 Å². The van der Waals surface area contributed by atoms with Crippen LogP contribution in [0.25, 0.3) is 0 Å². The number of hydrogen-bond donors (Lipinski definition) is 1. The molecule has 0 unspecified atom stereocenters. The highest BCUT2D eigenvalue weighted by Crippen LogP contribution is 2.31. The third-order valence-corrected chi connectivity index (χ3v) is 10.3. The van der Waals surface area contributed by atoms with Gasteiger partial charge in [-0.3, -0.25) is 13.9 Å². The molecule has 230 valence electrons. The van der Waals surface area contributed by atoms with Crippen molar-refractivity contribution in [3.8, 4) is 5.75 Å². The van der Waals surface area contributed by atoms with Crippen molar-refractivity contribution in [2.24, 2.45) is 0 Å². The van der Waals surface area contributed by atoms with Crippen LogP contribution in [0.4, 0.5) is 5.69 Å². The van der Waals surface area contributed by atoms with Crippen LogP contribution in [-0.2, 0) is 26.2 Å². The molecule has 1 aliphatic rings. The fourth-order valence-electron chi connectivity index (χ4n) is 5.16. The van der Waals surface area contributed by atoms with Gasteiger partial charge in [-0.05, 0) is 90.6 Å². The number of hydrogen-bond acceptors (Lipinski definition) is 5. The Morgan fingerprint density at radius 2 is 1.74 bits per heavy atom. The van der Waals surface area contributed by atoms with Gasteiger partial charge in [0.15, 0.2) is 0 Å². The van der Waals surface area contributed by atoms with Gasteiger partial charge in [-0.2, -0.15) is 0 Å². The molecule has 0 spiro atoms. The molecule has 8 nitrogen and oxygen atoms in total. The van der Waals surface area contributed by atoms with E-state index in [9.17, 15) is 18.0 Å². The zero-order valence-electron chi connectivity index (χ0n) is 24.6. The Kier molecular flexibility index (Phi) is 11.1. The Labute approximate surface area is 267 Å². The minimum Gasteiger partial charge on any atom is -0.496 e. The molecule has 2 amide bonds. The number of methoxy groups -OCH3 is 1. The number of nitrogens with one attached hydrogen (secondary N) is 1. The van der Waals surface area contributed by atoms with E-state index in [1.54, 1.807) is 55.5 Å². The lowest BCUT2D eigenvalue weighted by Gasteiger charge is -2.33. The lowest BCUT2D eigenvalue weighted by molar-refractivity contribution is -0.139. The number of aryl methyl sites for hydroxylation is 1. The Hall–Kier alpha value is -3.08. The van der Waals surface area contributed by atoms with Crippen LogP contribution in [0.2, 0.25) is 5.02 Å². The molecular weight excluding hydrogens is 654 g/mol. The summed E-state index contributed by atoms with van der Waals surface area (Å²) in [6.45, 7) is 3.13. The first-order chi connectivity index (χ1) is 20.5. The van der Waals surface area contributed by atoms with Crippen molar-refractivity contribution in [1.82, 2.24) is 10.2 Å². The van der Waals surface area contributed by atoms with Crippen LogP contribution in [0.1, 0.15) is 50.2 Å². The van der Waals surface area contributed by atoms with Crippen molar-refractivity contribution >= 4 is 55.1 Å². The second kappa shape index (κ2) is 14.6. The Morgan fingerprint density at radius 1 is 1.05 bits per heavy atom. The topological polar surface area (TPSA) is 96.0 Å². The van der Waals surface area contributed by atoms with Crippen molar-refractivity contribution in [2.75, 3.05) is 18.0 Å². The summed E-state index contributed by atoms with van der Waals surface area (Å²) in [5.74, 6) is -0.323. The van der Waals surface area contributed by atoms with Crippen molar-refractivity contribution in [2.45, 2.75) is 69.5 Å². The van der Waals surface area contributed by atoms with E-state index < -0.39 is 28.5 Å². The molecule has 1 aliphatic carbocycles. The van der Waals surface area contributed by atoms with Crippen LogP contribution in [0.15, 0.2) is 76.1 Å². The molecule has 1 saturated carbocycles. The average molecular weight is 691 g/mol. The first-order valence-electron chi connectivity index (χ1n) is 14.3. The third-order valence-electron chi connectivity index (χ3n) is 7.67. The van der Waals surface area contributed by atoms with E-state index >= 15 is 0 Å². The van der Waals surface area contributed by atoms with Crippen molar-refractivity contribution in [3.63, 3.8) is 0 Å². The fourth-order valence-corrected chi connectivity index (χ4v) is 7.50. The lowest BCUT2D eigenvalue weighted by atomic mass is 9.95. The van der Waals surface area contributed by atoms with Crippen LogP contribution >= 0.6 is 27.5 Å². The monoisotopic (exact) mass is 689 g/mol. The number of rotatable bonds is 11. The number of nitrogens with zero attached hydrogens (tertiary/aromatic N) is 2. The summed E-state index contributed by atoms with van der Waals surface area (Å²) in [5.41, 5.74) is 1.99. The predicted molar refractivity (Wildman–Crippen MR) is 173 cm³/mol. The Morgan fingerprint density at radius 3 is 2.37 bits per heavy atom. The highest BCUT2D eigenvalue weighted by molar-refractivity contribution is 9.10. The van der Waals surface area contributed by atoms with Gasteiger partial charge in [-0.15, -0.1) is 0 Å². The van der Waals surface area contributed by atoms with Crippen LogP contribution in [0, 0.1) is 6.92 Å². The van der Waals surface area contributed by atoms with E-state index in [-0.39, 0.29) is 23.4 Å². The maximum Gasteiger partial charge on any atom is 0.264 e. The second-order valence-electron chi connectivity index (χ2n) is 10.8. The SMILES string of the molecule is COc1ccc(S(=O)(=O)N(CC(=O)N(Cc2cccc(Cl)c2)[C@H](C)C(=O)NC2CCCCC2)c2ccc(C)cc2)cc1Br. The van der Waals surface area contributed by atoms with Gasteiger partial charge in [0.25, 0.3) is 10.0 Å². The summed E-state index contributed by atoms with van der Waals surface area (Å²) in [6, 6.07) is 17.6. The van der Waals surface area contributed by atoms with E-state index in [4.69, 9.17) is 16.3 Å². The first-order valence-corrected chi connectivity index (χ1v) is 16.9. The molecule has 3 aromatic rings. The standard InChI is InChI=1S/C32H37BrClN3O5S/c1-22-12-14-27(15-13-22)37(43(40,41)28-16-17-30(42-3)29(33)19-28)21-31(38)36(20-24-8-7-9-25(34)18-24)23(2)32(39)35-26-10-5-4-6-11-26/h7-9,12-19,23,26H,4-6,10-11,20-21H2,1-3H3,(H,35,39)/t23-/m1/s1. The first kappa shape index (κ1) is 32.8. The number of anilines is 1. The zero-order valence-corrected chi connectivity index (χ0v) is 27.7. The number of sulfonamides is 1. The molecule has 0 heterocycles. The molecule has 0 aliphatic heterocycles. The van der Waals surface area contributed by atoms with Gasteiger partial charge in [0.1, 0.15) is 18.3 Å². The molecule has 4 rings (SSSR count). The van der Waals surface area contributed by atoms with Crippen molar-refractivity contribution < 1.29 is 22.7 Å². The molecule has 43 heavy (non-hydrogen) atoms. The van der Waals surface area contributed by atoms with Gasteiger partial charge >= 0.3 is 0 Å². The van der Waals surface area contributed by atoms with Crippen LogP contribution < -0.4 is 14.4 Å². The summed E-state index contributed by atoms with van der Waals surface area (Å²) in [7, 11) is -2.72. The highest BCUT2D eigenvalue weighted by atomic mass is 79.9. The molecule has 0 saturated heterocycles. The van der Waals surface area contributed by atoms with Crippen LogP contribution in [0.3, 0.4) is 0 Å². The van der Waals surface area contributed by atoms with Gasteiger partial charge in [-0.1, -0.05) is 60.7 Å². The normalized spacial score (nSPS) is 14.5. The largest absolute Gasteiger partial charge is 0.496 e. The summed E-state index contributed by atoms with van der Waals surface area (Å²) in [6.07, 6.45) is 5.05. The van der Waals surface area contributed by atoms with Gasteiger partial charge < -0.3 is 15.0 Å². The quantitative estimate of drug-likeness (QED) is 0.249. The second-order valence-corrected chi connectivity index (χ2v) is 14.0. The van der Waals surface area contributed by atoms with E-state index in [2.05, 4.69) is 21.2 Å². The molecule has 0 bridgehead atoms. The van der Waals surface area contributed by atoms with E-state index in [0.29, 0.717) is 20.9 Å². The zero-order chi connectivity index (χ0) is 31.1. The van der Waals surface area contributed by atoms with Gasteiger partial charge in [0, 0.05) is 17.6 Å². The molecule has 0 radical (unpaired) electrons. The number of carbonyl (C=O) groups is 2. The molecule has 1 fully saturated rings.